The van der Waals surface area contributed by atoms with Crippen LogP contribution in [0.1, 0.15) is 88.5 Å². The van der Waals surface area contributed by atoms with Crippen molar-refractivity contribution in [2.75, 3.05) is 13.1 Å². The molecule has 0 saturated carbocycles. The van der Waals surface area contributed by atoms with Gasteiger partial charge < -0.3 is 14.8 Å². The molecule has 2 bridgehead atoms. The Morgan fingerprint density at radius 2 is 2.00 bits per heavy atom. The second-order valence-electron chi connectivity index (χ2n) is 11.0. The van der Waals surface area contributed by atoms with Crippen molar-refractivity contribution in [2.45, 2.75) is 115 Å². The topological polar surface area (TPSA) is 70.5 Å². The van der Waals surface area contributed by atoms with Crippen molar-refractivity contribution in [2.24, 2.45) is 0 Å². The lowest BCUT2D eigenvalue weighted by Crippen LogP contribution is -2.48. The summed E-state index contributed by atoms with van der Waals surface area (Å²) in [7, 11) is 0. The number of hydrogen-bond acceptors (Lipinski definition) is 5. The van der Waals surface area contributed by atoms with Gasteiger partial charge in [0.05, 0.1) is 16.6 Å². The Morgan fingerprint density at radius 1 is 1.25 bits per heavy atom. The molecule has 0 radical (unpaired) electrons. The molecule has 2 amide bonds. The van der Waals surface area contributed by atoms with E-state index in [1.807, 2.05) is 4.90 Å². The van der Waals surface area contributed by atoms with Gasteiger partial charge in [-0.3, -0.25) is 14.5 Å². The summed E-state index contributed by atoms with van der Waals surface area (Å²) < 4.78 is 3.39. The molecule has 2 fully saturated rings. The van der Waals surface area contributed by atoms with Crippen molar-refractivity contribution in [3.63, 3.8) is 0 Å². The summed E-state index contributed by atoms with van der Waals surface area (Å²) in [6.07, 6.45) is 11.2. The Morgan fingerprint density at radius 3 is 2.64 bits per heavy atom. The molecule has 4 aliphatic rings. The second-order valence-corrected chi connectivity index (χ2v) is 12.9. The normalized spacial score (nSPS) is 28.7. The molecule has 5 rings (SSSR count). The predicted octanol–water partition coefficient (Wildman–Crippen LogP) is 4.52. The zero-order chi connectivity index (χ0) is 25.4. The Hall–Kier alpha value is -1.51. The third-order valence-electron chi connectivity index (χ3n) is 8.58. The van der Waals surface area contributed by atoms with Gasteiger partial charge in [-0.2, -0.15) is 0 Å². The molecule has 9 heteroatoms. The fraction of sp³-hybridized carbons (Fsp3) is 0.741. The number of imidazole rings is 1. The van der Waals surface area contributed by atoms with E-state index in [2.05, 4.69) is 34.7 Å². The van der Waals surface area contributed by atoms with Gasteiger partial charge in [0.25, 0.3) is 0 Å². The van der Waals surface area contributed by atoms with Crippen LogP contribution < -0.4 is 5.32 Å². The van der Waals surface area contributed by atoms with E-state index in [-0.39, 0.29) is 17.9 Å². The molecule has 1 N–H and O–H groups in total. The first kappa shape index (κ1) is 26.1. The number of thioether (sulfide) groups is 1. The molecule has 0 spiro atoms. The molecular formula is C27H40ClN5O2S. The van der Waals surface area contributed by atoms with Crippen LogP contribution in [0.5, 0.6) is 0 Å². The third-order valence-corrected chi connectivity index (χ3v) is 10.2. The summed E-state index contributed by atoms with van der Waals surface area (Å²) >= 11 is 7.93. The van der Waals surface area contributed by atoms with Gasteiger partial charge in [-0.25, -0.2) is 4.98 Å². The van der Waals surface area contributed by atoms with Crippen molar-refractivity contribution in [1.29, 1.82) is 0 Å². The molecule has 5 heterocycles. The van der Waals surface area contributed by atoms with Crippen molar-refractivity contribution in [3.05, 3.63) is 27.7 Å². The monoisotopic (exact) mass is 533 g/mol. The predicted molar refractivity (Wildman–Crippen MR) is 145 cm³/mol. The summed E-state index contributed by atoms with van der Waals surface area (Å²) in [6.45, 7) is 8.32. The highest BCUT2D eigenvalue weighted by Gasteiger charge is 2.43. The Kier molecular flexibility index (Phi) is 8.04. The number of carbonyl (C=O) groups excluding carboxylic acids is 2. The molecule has 36 heavy (non-hydrogen) atoms. The summed E-state index contributed by atoms with van der Waals surface area (Å²) in [5.74, 6) is 1.41. The highest BCUT2D eigenvalue weighted by Crippen LogP contribution is 2.43. The number of nitrogens with zero attached hydrogens (tertiary/aromatic N) is 4. The van der Waals surface area contributed by atoms with Crippen LogP contribution in [-0.2, 0) is 22.6 Å². The largest absolute Gasteiger partial charge is 0.352 e. The van der Waals surface area contributed by atoms with Crippen LogP contribution in [0.4, 0.5) is 0 Å². The summed E-state index contributed by atoms with van der Waals surface area (Å²) in [6, 6.07) is 1.83. The van der Waals surface area contributed by atoms with Crippen LogP contribution in [0.15, 0.2) is 10.4 Å². The minimum atomic E-state index is 0.0422. The first-order valence-corrected chi connectivity index (χ1v) is 15.0. The number of aromatic nitrogens is 2. The van der Waals surface area contributed by atoms with E-state index in [1.54, 1.807) is 18.7 Å². The van der Waals surface area contributed by atoms with E-state index in [4.69, 9.17) is 16.6 Å². The lowest BCUT2D eigenvalue weighted by atomic mass is 9.95. The number of rotatable bonds is 8. The quantitative estimate of drug-likeness (QED) is 0.532. The lowest BCUT2D eigenvalue weighted by molar-refractivity contribution is -0.132. The van der Waals surface area contributed by atoms with E-state index in [0.29, 0.717) is 36.3 Å². The van der Waals surface area contributed by atoms with Crippen molar-refractivity contribution in [3.8, 4) is 0 Å². The molecule has 0 aromatic carbocycles. The molecule has 0 aliphatic carbocycles. The van der Waals surface area contributed by atoms with E-state index >= 15 is 0 Å². The number of hydrogen-bond donors (Lipinski definition) is 1. The fourth-order valence-electron chi connectivity index (χ4n) is 7.03. The van der Waals surface area contributed by atoms with E-state index < -0.39 is 0 Å². The minimum absolute atomic E-state index is 0.0422. The van der Waals surface area contributed by atoms with Gasteiger partial charge in [-0.15, -0.1) is 11.8 Å². The molecule has 4 aliphatic heterocycles. The molecule has 4 atom stereocenters. The molecule has 1 aromatic heterocycles. The highest BCUT2D eigenvalue weighted by atomic mass is 35.5. The van der Waals surface area contributed by atoms with Gasteiger partial charge in [-0.1, -0.05) is 24.6 Å². The smallest absolute Gasteiger partial charge is 0.222 e. The standard InChI is InChI=1S/C27H40ClN5O2S/c1-4-5-27(35)31-12-11-24-23(16-31)29-17(2)33(24)21-14-19-6-7-20(15-21)32(19)13-10-22(30-18(3)34)25-8-9-26(28)36-25/h9,19-22,25H,4-8,10-16H2,1-3H3,(H,30,34)/t19?,20?,21?,22-,25?/m0/s1. The summed E-state index contributed by atoms with van der Waals surface area (Å²) in [5, 5.41) is 3.54. The zero-order valence-electron chi connectivity index (χ0n) is 21.8. The number of carbonyl (C=O) groups is 2. The van der Waals surface area contributed by atoms with Crippen LogP contribution >= 0.6 is 23.4 Å². The van der Waals surface area contributed by atoms with Crippen LogP contribution in [0.2, 0.25) is 0 Å². The molecule has 7 nitrogen and oxygen atoms in total. The van der Waals surface area contributed by atoms with Gasteiger partial charge in [0.1, 0.15) is 5.82 Å². The first-order valence-electron chi connectivity index (χ1n) is 13.7. The molecule has 3 unspecified atom stereocenters. The Bertz CT molecular complexity index is 1010. The number of halogens is 1. The molecule has 1 aromatic rings. The molecule has 2 saturated heterocycles. The molecule has 198 valence electrons. The average Bonchev–Trinajstić information content (AvgIpc) is 3.48. The van der Waals surface area contributed by atoms with E-state index in [0.717, 1.165) is 67.5 Å². The maximum absolute atomic E-state index is 12.5. The number of amides is 2. The van der Waals surface area contributed by atoms with Gasteiger partial charge in [0.15, 0.2) is 0 Å². The maximum Gasteiger partial charge on any atom is 0.222 e. The Balaban J connectivity index is 1.23. The second kappa shape index (κ2) is 11.1. The number of nitrogens with one attached hydrogen (secondary N) is 1. The van der Waals surface area contributed by atoms with Crippen molar-refractivity contribution < 1.29 is 9.59 Å². The highest BCUT2D eigenvalue weighted by molar-refractivity contribution is 8.05. The van der Waals surface area contributed by atoms with E-state index in [1.165, 1.54) is 18.5 Å². The van der Waals surface area contributed by atoms with Gasteiger partial charge in [0, 0.05) is 68.0 Å². The maximum atomic E-state index is 12.5. The van der Waals surface area contributed by atoms with Crippen molar-refractivity contribution >= 4 is 35.2 Å². The van der Waals surface area contributed by atoms with Gasteiger partial charge in [0.2, 0.25) is 11.8 Å². The van der Waals surface area contributed by atoms with E-state index in [9.17, 15) is 9.59 Å². The van der Waals surface area contributed by atoms with Crippen LogP contribution in [0.3, 0.4) is 0 Å². The van der Waals surface area contributed by atoms with Gasteiger partial charge >= 0.3 is 0 Å². The lowest BCUT2D eigenvalue weighted by Gasteiger charge is -2.41. The number of aryl methyl sites for hydroxylation is 1. The molecular weight excluding hydrogens is 494 g/mol. The SMILES string of the molecule is CCCC(=O)N1CCc2c(nc(C)n2C2CC3CCC(C2)N3CC[C@H](NC(C)=O)C2CC=C(Cl)S2)C1. The zero-order valence-corrected chi connectivity index (χ0v) is 23.4. The first-order chi connectivity index (χ1) is 17.3. The third kappa shape index (κ3) is 5.37. The average molecular weight is 534 g/mol. The van der Waals surface area contributed by atoms with Crippen LogP contribution in [0.25, 0.3) is 0 Å². The fourth-order valence-corrected chi connectivity index (χ4v) is 8.50. The minimum Gasteiger partial charge on any atom is -0.352 e. The summed E-state index contributed by atoms with van der Waals surface area (Å²) in [5.41, 5.74) is 2.47. The summed E-state index contributed by atoms with van der Waals surface area (Å²) in [4.78, 5) is 34.0. The number of piperidine rings is 1. The number of fused-ring (bicyclic) bond motifs is 3. The Labute approximate surface area is 224 Å². The number of allylic oxidation sites excluding steroid dienone is 1. The van der Waals surface area contributed by atoms with Gasteiger partial charge in [-0.05, 0) is 51.9 Å². The van der Waals surface area contributed by atoms with Crippen LogP contribution in [0, 0.1) is 6.92 Å². The van der Waals surface area contributed by atoms with Crippen molar-refractivity contribution in [1.82, 2.24) is 24.7 Å². The van der Waals surface area contributed by atoms with Crippen LogP contribution in [-0.4, -0.2) is 67.6 Å².